The van der Waals surface area contributed by atoms with Crippen molar-refractivity contribution < 1.29 is 18.8 Å². The molecule has 1 N–H and O–H groups in total. The van der Waals surface area contributed by atoms with Gasteiger partial charge in [-0.3, -0.25) is 9.79 Å². The number of ketones is 1. The summed E-state index contributed by atoms with van der Waals surface area (Å²) in [5.74, 6) is 0.102. The molecular formula is C19H16FN5O3. The van der Waals surface area contributed by atoms with Gasteiger partial charge in [0.2, 0.25) is 17.5 Å². The Balaban J connectivity index is 1.55. The molecule has 1 atom stereocenters. The van der Waals surface area contributed by atoms with E-state index >= 15 is 0 Å². The van der Waals surface area contributed by atoms with Crippen molar-refractivity contribution in [1.82, 2.24) is 15.2 Å². The zero-order valence-electron chi connectivity index (χ0n) is 14.9. The monoisotopic (exact) mass is 381 g/mol. The molecule has 1 aromatic heterocycles. The Morgan fingerprint density at radius 1 is 1.25 bits per heavy atom. The van der Waals surface area contributed by atoms with Gasteiger partial charge in [-0.15, -0.1) is 5.10 Å². The second-order valence-electron chi connectivity index (χ2n) is 5.94. The maximum absolute atomic E-state index is 13.2. The molecule has 0 saturated carbocycles. The van der Waals surface area contributed by atoms with Crippen molar-refractivity contribution in [2.75, 3.05) is 19.0 Å². The zero-order chi connectivity index (χ0) is 19.5. The third kappa shape index (κ3) is 3.41. The predicted octanol–water partition coefficient (Wildman–Crippen LogP) is 2.25. The van der Waals surface area contributed by atoms with Crippen molar-refractivity contribution in [2.45, 2.75) is 6.23 Å². The van der Waals surface area contributed by atoms with Gasteiger partial charge in [-0.05, 0) is 17.3 Å². The number of aromatic nitrogens is 3. The molecule has 1 aliphatic heterocycles. The molecule has 1 aliphatic rings. The Hall–Kier alpha value is -3.75. The molecule has 2 aromatic carbocycles. The summed E-state index contributed by atoms with van der Waals surface area (Å²) in [4.78, 5) is 23.0. The fraction of sp³-hybridized carbons (Fsp3) is 0.158. The van der Waals surface area contributed by atoms with Gasteiger partial charge in [0.05, 0.1) is 0 Å². The van der Waals surface area contributed by atoms with Crippen LogP contribution in [-0.4, -0.2) is 40.5 Å². The summed E-state index contributed by atoms with van der Waals surface area (Å²) in [7, 11) is 1.56. The van der Waals surface area contributed by atoms with E-state index in [2.05, 4.69) is 20.6 Å². The second kappa shape index (κ2) is 7.47. The van der Waals surface area contributed by atoms with Crippen molar-refractivity contribution in [1.29, 1.82) is 0 Å². The topological polar surface area (TPSA) is 90.6 Å². The minimum Gasteiger partial charge on any atom is -0.448 e. The fourth-order valence-corrected chi connectivity index (χ4v) is 2.72. The molecule has 0 spiro atoms. The smallest absolute Gasteiger partial charge is 0.243 e. The number of hydrogen-bond acceptors (Lipinski definition) is 7. The number of Topliss-reactive ketones (excluding diaryl/α,β-unsaturated/α-hetero) is 1. The lowest BCUT2D eigenvalue weighted by Crippen LogP contribution is -2.30. The number of carbonyl (C=O) groups is 1. The number of anilines is 1. The number of halogens is 1. The molecule has 142 valence electrons. The third-order valence-corrected chi connectivity index (χ3v) is 4.13. The first kappa shape index (κ1) is 17.7. The molecule has 1 unspecified atom stereocenters. The van der Waals surface area contributed by atoms with Crippen LogP contribution < -0.4 is 10.2 Å². The van der Waals surface area contributed by atoms with Crippen LogP contribution in [0.4, 0.5) is 10.2 Å². The van der Waals surface area contributed by atoms with E-state index in [0.717, 1.165) is 4.85 Å². The van der Waals surface area contributed by atoms with Gasteiger partial charge >= 0.3 is 0 Å². The van der Waals surface area contributed by atoms with Crippen molar-refractivity contribution in [3.05, 3.63) is 77.2 Å². The second-order valence-corrected chi connectivity index (χ2v) is 5.94. The highest BCUT2D eigenvalue weighted by atomic mass is 19.1. The number of rotatable bonds is 5. The Morgan fingerprint density at radius 2 is 2.00 bits per heavy atom. The van der Waals surface area contributed by atoms with Crippen LogP contribution in [0, 0.1) is 5.82 Å². The minimum atomic E-state index is -0.641. The largest absolute Gasteiger partial charge is 0.448 e. The Labute approximate surface area is 159 Å². The lowest BCUT2D eigenvalue weighted by molar-refractivity contribution is 0.0601. The Bertz CT molecular complexity index is 1020. The van der Waals surface area contributed by atoms with Gasteiger partial charge in [0.1, 0.15) is 5.82 Å². The van der Waals surface area contributed by atoms with Crippen molar-refractivity contribution >= 4 is 17.5 Å². The molecule has 0 fully saturated rings. The van der Waals surface area contributed by atoms with E-state index in [4.69, 9.17) is 9.57 Å². The van der Waals surface area contributed by atoms with Crippen LogP contribution in [0.3, 0.4) is 0 Å². The van der Waals surface area contributed by atoms with Gasteiger partial charge < -0.3 is 14.9 Å². The summed E-state index contributed by atoms with van der Waals surface area (Å²) in [5, 5.41) is 11.0. The number of ether oxygens (including phenoxy) is 1. The van der Waals surface area contributed by atoms with E-state index in [1.165, 1.54) is 12.1 Å². The summed E-state index contributed by atoms with van der Waals surface area (Å²) < 4.78 is 19.0. The van der Waals surface area contributed by atoms with Gasteiger partial charge in [0.15, 0.2) is 18.5 Å². The van der Waals surface area contributed by atoms with E-state index in [1.807, 2.05) is 6.07 Å². The quantitative estimate of drug-likeness (QED) is 0.682. The first-order valence-electron chi connectivity index (χ1n) is 8.49. The third-order valence-electron chi connectivity index (χ3n) is 4.13. The Morgan fingerprint density at radius 3 is 2.71 bits per heavy atom. The minimum absolute atomic E-state index is 0.198. The molecule has 3 aromatic rings. The van der Waals surface area contributed by atoms with Crippen molar-refractivity contribution in [3.63, 3.8) is 0 Å². The highest BCUT2D eigenvalue weighted by Gasteiger charge is 2.31. The van der Waals surface area contributed by atoms with Crippen LogP contribution in [0.15, 0.2) is 59.6 Å². The summed E-state index contributed by atoms with van der Waals surface area (Å²) in [6.07, 6.45) is -0.641. The highest BCUT2D eigenvalue weighted by molar-refractivity contribution is 5.98. The number of aliphatic imine (C=N–C) groups is 1. The van der Waals surface area contributed by atoms with Gasteiger partial charge in [0.25, 0.3) is 0 Å². The SMILES string of the molecule is CN=C1OC(c2ccc(F)cc2)Nc2c1nnn2OCC(=O)c1ccccc1. The molecule has 0 amide bonds. The predicted molar refractivity (Wildman–Crippen MR) is 98.6 cm³/mol. The molecular weight excluding hydrogens is 365 g/mol. The lowest BCUT2D eigenvalue weighted by atomic mass is 10.1. The van der Waals surface area contributed by atoms with E-state index in [0.29, 0.717) is 22.6 Å². The molecule has 2 heterocycles. The lowest BCUT2D eigenvalue weighted by Gasteiger charge is -2.26. The van der Waals surface area contributed by atoms with E-state index in [-0.39, 0.29) is 24.1 Å². The van der Waals surface area contributed by atoms with Crippen LogP contribution in [0.5, 0.6) is 0 Å². The number of hydrogen-bond donors (Lipinski definition) is 1. The molecule has 0 saturated heterocycles. The highest BCUT2D eigenvalue weighted by Crippen LogP contribution is 2.29. The van der Waals surface area contributed by atoms with Crippen LogP contribution in [0.2, 0.25) is 0 Å². The molecule has 9 heteroatoms. The van der Waals surface area contributed by atoms with Crippen molar-refractivity contribution in [2.24, 2.45) is 4.99 Å². The Kier molecular flexibility index (Phi) is 4.71. The van der Waals surface area contributed by atoms with Crippen molar-refractivity contribution in [3.8, 4) is 0 Å². The normalized spacial score (nSPS) is 16.8. The fourth-order valence-electron chi connectivity index (χ4n) is 2.72. The molecule has 0 radical (unpaired) electrons. The maximum atomic E-state index is 13.2. The summed E-state index contributed by atoms with van der Waals surface area (Å²) in [6.45, 7) is -0.220. The van der Waals surface area contributed by atoms with Crippen LogP contribution in [0.1, 0.15) is 27.8 Å². The summed E-state index contributed by atoms with van der Waals surface area (Å²) >= 11 is 0. The van der Waals surface area contributed by atoms with Gasteiger partial charge in [0, 0.05) is 18.2 Å². The number of carbonyl (C=O) groups excluding carboxylic acids is 1. The first-order valence-corrected chi connectivity index (χ1v) is 8.49. The number of nitrogens with zero attached hydrogens (tertiary/aromatic N) is 4. The average Bonchev–Trinajstić information content (AvgIpc) is 3.15. The standard InChI is InChI=1S/C19H16FN5O3/c1-21-19-16-17(22-18(28-19)13-7-9-14(20)10-8-13)25(24-23-16)27-11-15(26)12-5-3-2-4-6-12/h2-10,18,22H,11H2,1H3. The molecule has 0 bridgehead atoms. The van der Waals surface area contributed by atoms with Crippen LogP contribution in [-0.2, 0) is 4.74 Å². The first-order chi connectivity index (χ1) is 13.7. The number of nitrogens with one attached hydrogen (secondary N) is 1. The van der Waals surface area contributed by atoms with E-state index in [9.17, 15) is 9.18 Å². The van der Waals surface area contributed by atoms with Gasteiger partial charge in [-0.25, -0.2) is 4.39 Å². The molecule has 0 aliphatic carbocycles. The van der Waals surface area contributed by atoms with Gasteiger partial charge in [-0.2, -0.15) is 0 Å². The summed E-state index contributed by atoms with van der Waals surface area (Å²) in [5.41, 5.74) is 1.57. The van der Waals surface area contributed by atoms with Crippen LogP contribution >= 0.6 is 0 Å². The zero-order valence-corrected chi connectivity index (χ0v) is 14.9. The molecule has 4 rings (SSSR count). The molecule has 28 heavy (non-hydrogen) atoms. The van der Waals surface area contributed by atoms with E-state index in [1.54, 1.807) is 43.4 Å². The summed E-state index contributed by atoms with van der Waals surface area (Å²) in [6, 6.07) is 14.7. The van der Waals surface area contributed by atoms with Crippen LogP contribution in [0.25, 0.3) is 0 Å². The average molecular weight is 381 g/mol. The van der Waals surface area contributed by atoms with E-state index < -0.39 is 6.23 Å². The molecule has 8 nitrogen and oxygen atoms in total. The number of benzene rings is 2. The maximum Gasteiger partial charge on any atom is 0.243 e. The van der Waals surface area contributed by atoms with Gasteiger partial charge in [-0.1, -0.05) is 47.3 Å². The number of fused-ring (bicyclic) bond motifs is 1.